The summed E-state index contributed by atoms with van der Waals surface area (Å²) in [5.41, 5.74) is 0.602. The van der Waals surface area contributed by atoms with Crippen molar-refractivity contribution < 1.29 is 13.2 Å². The predicted molar refractivity (Wildman–Crippen MR) is 100 cm³/mol. The quantitative estimate of drug-likeness (QED) is 0.863. The molecular weight excluding hydrogens is 358 g/mol. The number of hydrogen-bond acceptors (Lipinski definition) is 5. The van der Waals surface area contributed by atoms with Crippen molar-refractivity contribution in [2.75, 3.05) is 38.0 Å². The van der Waals surface area contributed by atoms with Crippen molar-refractivity contribution in [1.29, 1.82) is 0 Å². The molecular formula is C17H25N3O3S2. The Morgan fingerprint density at radius 2 is 1.96 bits per heavy atom. The SMILES string of the molecule is CCCN1CCN(S(=O)(=O)c2ccc3c(c2)NC(=O)CC(C)S3)CC1. The van der Waals surface area contributed by atoms with E-state index in [9.17, 15) is 13.2 Å². The van der Waals surface area contributed by atoms with Crippen LogP contribution in [0.15, 0.2) is 28.0 Å². The fraction of sp³-hybridized carbons (Fsp3) is 0.588. The van der Waals surface area contributed by atoms with Crippen molar-refractivity contribution in [3.8, 4) is 0 Å². The van der Waals surface area contributed by atoms with Crippen molar-refractivity contribution >= 4 is 33.4 Å². The van der Waals surface area contributed by atoms with E-state index in [4.69, 9.17) is 0 Å². The standard InChI is InChI=1S/C17H25N3O3S2/c1-3-6-19-7-9-20(10-8-19)25(22,23)14-4-5-16-15(12-14)18-17(21)11-13(2)24-16/h4-5,12-13H,3,6-11H2,1-2H3,(H,18,21). The van der Waals surface area contributed by atoms with Crippen LogP contribution in [0, 0.1) is 0 Å². The van der Waals surface area contributed by atoms with E-state index in [0.717, 1.165) is 31.0 Å². The van der Waals surface area contributed by atoms with Gasteiger partial charge in [-0.05, 0) is 31.2 Å². The molecule has 1 N–H and O–H groups in total. The highest BCUT2D eigenvalue weighted by molar-refractivity contribution is 8.00. The lowest BCUT2D eigenvalue weighted by molar-refractivity contribution is -0.116. The molecule has 1 saturated heterocycles. The van der Waals surface area contributed by atoms with E-state index >= 15 is 0 Å². The number of piperazine rings is 1. The number of thioether (sulfide) groups is 1. The van der Waals surface area contributed by atoms with Crippen molar-refractivity contribution in [3.05, 3.63) is 18.2 Å². The van der Waals surface area contributed by atoms with Gasteiger partial charge in [0.05, 0.1) is 10.6 Å². The summed E-state index contributed by atoms with van der Waals surface area (Å²) in [5.74, 6) is -0.0681. The number of amides is 1. The first-order chi connectivity index (χ1) is 11.9. The molecule has 0 aromatic heterocycles. The van der Waals surface area contributed by atoms with E-state index in [1.165, 1.54) is 0 Å². The summed E-state index contributed by atoms with van der Waals surface area (Å²) in [6.07, 6.45) is 1.51. The van der Waals surface area contributed by atoms with E-state index < -0.39 is 10.0 Å². The molecule has 3 rings (SSSR count). The number of nitrogens with zero attached hydrogens (tertiary/aromatic N) is 2. The van der Waals surface area contributed by atoms with Crippen molar-refractivity contribution in [2.45, 2.75) is 41.7 Å². The summed E-state index contributed by atoms with van der Waals surface area (Å²) >= 11 is 1.60. The van der Waals surface area contributed by atoms with Crippen LogP contribution in [0.2, 0.25) is 0 Å². The number of fused-ring (bicyclic) bond motifs is 1. The third-order valence-electron chi connectivity index (χ3n) is 4.53. The number of benzene rings is 1. The second-order valence-corrected chi connectivity index (χ2v) is 10.0. The zero-order valence-electron chi connectivity index (χ0n) is 14.7. The molecule has 0 bridgehead atoms. The van der Waals surface area contributed by atoms with Crippen LogP contribution in [-0.2, 0) is 14.8 Å². The molecule has 2 aliphatic rings. The normalized spacial score (nSPS) is 23.0. The maximum Gasteiger partial charge on any atom is 0.243 e. The van der Waals surface area contributed by atoms with Gasteiger partial charge in [0.2, 0.25) is 15.9 Å². The molecule has 25 heavy (non-hydrogen) atoms. The zero-order valence-corrected chi connectivity index (χ0v) is 16.3. The highest BCUT2D eigenvalue weighted by Gasteiger charge is 2.29. The van der Waals surface area contributed by atoms with Crippen molar-refractivity contribution in [2.24, 2.45) is 0 Å². The summed E-state index contributed by atoms with van der Waals surface area (Å²) < 4.78 is 27.5. The summed E-state index contributed by atoms with van der Waals surface area (Å²) in [5, 5.41) is 3.02. The number of carbonyl (C=O) groups is 1. The van der Waals surface area contributed by atoms with Gasteiger partial charge in [0, 0.05) is 42.7 Å². The Hall–Kier alpha value is -1.09. The van der Waals surface area contributed by atoms with Gasteiger partial charge >= 0.3 is 0 Å². The lowest BCUT2D eigenvalue weighted by Gasteiger charge is -2.33. The number of carbonyl (C=O) groups excluding carboxylic acids is 1. The Morgan fingerprint density at radius 1 is 1.24 bits per heavy atom. The Labute approximate surface area is 154 Å². The Bertz CT molecular complexity index is 744. The van der Waals surface area contributed by atoms with E-state index in [1.807, 2.05) is 13.0 Å². The van der Waals surface area contributed by atoms with Gasteiger partial charge in [-0.1, -0.05) is 13.8 Å². The average Bonchev–Trinajstić information content (AvgIpc) is 2.71. The minimum Gasteiger partial charge on any atom is -0.325 e. The van der Waals surface area contributed by atoms with Gasteiger partial charge in [-0.2, -0.15) is 4.31 Å². The van der Waals surface area contributed by atoms with Gasteiger partial charge in [-0.3, -0.25) is 4.79 Å². The molecule has 1 aromatic carbocycles. The highest BCUT2D eigenvalue weighted by atomic mass is 32.2. The summed E-state index contributed by atoms with van der Waals surface area (Å²) in [6, 6.07) is 5.07. The minimum atomic E-state index is -3.53. The van der Waals surface area contributed by atoms with Crippen LogP contribution in [0.4, 0.5) is 5.69 Å². The third-order valence-corrected chi connectivity index (χ3v) is 7.61. The number of hydrogen-bond donors (Lipinski definition) is 1. The van der Waals surface area contributed by atoms with E-state index in [0.29, 0.717) is 25.2 Å². The maximum atomic E-state index is 13.0. The first kappa shape index (κ1) is 18.7. The second kappa shape index (κ2) is 7.65. The lowest BCUT2D eigenvalue weighted by atomic mass is 10.3. The van der Waals surface area contributed by atoms with Gasteiger partial charge in [-0.25, -0.2) is 8.42 Å². The fourth-order valence-corrected chi connectivity index (χ4v) is 5.75. The molecule has 8 heteroatoms. The topological polar surface area (TPSA) is 69.7 Å². The number of sulfonamides is 1. The molecule has 1 unspecified atom stereocenters. The number of anilines is 1. The van der Waals surface area contributed by atoms with Gasteiger partial charge in [0.25, 0.3) is 0 Å². The summed E-state index contributed by atoms with van der Waals surface area (Å²) in [6.45, 7) is 7.69. The van der Waals surface area contributed by atoms with E-state index in [-0.39, 0.29) is 16.1 Å². The maximum absolute atomic E-state index is 13.0. The Balaban J connectivity index is 1.81. The second-order valence-electron chi connectivity index (χ2n) is 6.58. The molecule has 0 saturated carbocycles. The predicted octanol–water partition coefficient (Wildman–Crippen LogP) is 2.23. The van der Waals surface area contributed by atoms with E-state index in [2.05, 4.69) is 17.1 Å². The third kappa shape index (κ3) is 4.19. The van der Waals surface area contributed by atoms with Crippen LogP contribution >= 0.6 is 11.8 Å². The molecule has 1 amide bonds. The Kier molecular flexibility index (Phi) is 5.72. The monoisotopic (exact) mass is 383 g/mol. The molecule has 1 fully saturated rings. The summed E-state index contributed by atoms with van der Waals surface area (Å²) in [7, 11) is -3.53. The smallest absolute Gasteiger partial charge is 0.243 e. The van der Waals surface area contributed by atoms with Crippen molar-refractivity contribution in [1.82, 2.24) is 9.21 Å². The van der Waals surface area contributed by atoms with Crippen LogP contribution in [0.25, 0.3) is 0 Å². The average molecular weight is 384 g/mol. The number of nitrogens with one attached hydrogen (secondary N) is 1. The van der Waals surface area contributed by atoms with Gasteiger partial charge in [0.15, 0.2) is 0 Å². The van der Waals surface area contributed by atoms with Crippen LogP contribution in [0.3, 0.4) is 0 Å². The fourth-order valence-electron chi connectivity index (χ4n) is 3.25. The van der Waals surface area contributed by atoms with Gasteiger partial charge < -0.3 is 10.2 Å². The Morgan fingerprint density at radius 3 is 2.64 bits per heavy atom. The van der Waals surface area contributed by atoms with Crippen LogP contribution in [0.1, 0.15) is 26.7 Å². The van der Waals surface area contributed by atoms with Gasteiger partial charge in [0.1, 0.15) is 0 Å². The van der Waals surface area contributed by atoms with Crippen LogP contribution in [-0.4, -0.2) is 61.5 Å². The largest absolute Gasteiger partial charge is 0.325 e. The molecule has 0 aliphatic carbocycles. The number of rotatable bonds is 4. The van der Waals surface area contributed by atoms with Crippen LogP contribution in [0.5, 0.6) is 0 Å². The van der Waals surface area contributed by atoms with Crippen molar-refractivity contribution in [3.63, 3.8) is 0 Å². The molecule has 1 aromatic rings. The zero-order chi connectivity index (χ0) is 18.0. The van der Waals surface area contributed by atoms with Crippen LogP contribution < -0.4 is 5.32 Å². The molecule has 2 heterocycles. The molecule has 0 radical (unpaired) electrons. The van der Waals surface area contributed by atoms with E-state index in [1.54, 1.807) is 28.2 Å². The molecule has 6 nitrogen and oxygen atoms in total. The first-order valence-electron chi connectivity index (χ1n) is 8.73. The summed E-state index contributed by atoms with van der Waals surface area (Å²) in [4.78, 5) is 15.4. The van der Waals surface area contributed by atoms with Gasteiger partial charge in [-0.15, -0.1) is 11.8 Å². The first-order valence-corrected chi connectivity index (χ1v) is 11.0. The lowest BCUT2D eigenvalue weighted by Crippen LogP contribution is -2.48. The molecule has 2 aliphatic heterocycles. The highest BCUT2D eigenvalue weighted by Crippen LogP contribution is 2.36. The minimum absolute atomic E-state index is 0.0681. The molecule has 1 atom stereocenters. The molecule has 138 valence electrons. The molecule has 0 spiro atoms.